The van der Waals surface area contributed by atoms with Crippen molar-refractivity contribution in [3.63, 3.8) is 0 Å². The second-order valence-corrected chi connectivity index (χ2v) is 40.9. The average molecular weight is 1980 g/mol. The quantitative estimate of drug-likeness (QED) is 0.0193. The number of nitrogens with one attached hydrogen (secondary N) is 4. The molecule has 0 aromatic heterocycles. The van der Waals surface area contributed by atoms with Gasteiger partial charge in [0.15, 0.2) is 23.0 Å². The number of carbonyl (C=O) groups excluding carboxylic acids is 1. The number of benzene rings is 10. The minimum atomic E-state index is -3.67. The number of hydrogen-bond acceptors (Lipinski definition) is 23. The summed E-state index contributed by atoms with van der Waals surface area (Å²) in [5, 5.41) is 28.9. The maximum absolute atomic E-state index is 12.4. The Morgan fingerprint density at radius 1 is 0.445 bits per heavy atom. The number of carbonyl (C=O) groups is 1. The van der Waals surface area contributed by atoms with E-state index in [1.54, 1.807) is 134 Å². The lowest BCUT2D eigenvalue weighted by molar-refractivity contribution is 0.0950. The molecule has 10 aromatic carbocycles. The Kier molecular flexibility index (Phi) is 57.6. The van der Waals surface area contributed by atoms with E-state index in [9.17, 15) is 38.5 Å². The first kappa shape index (κ1) is 122. The molecular weight excluding hydrogens is 1830 g/mol. The molecule has 0 aliphatic carbocycles. The second-order valence-electron chi connectivity index (χ2n) is 33.7. The zero-order valence-electron chi connectivity index (χ0n) is 85.0. The van der Waals surface area contributed by atoms with Crippen molar-refractivity contribution in [2.45, 2.75) is 162 Å². The molecule has 7 N–H and O–H groups in total. The lowest BCUT2D eigenvalue weighted by Crippen LogP contribution is -2.39. The number of aryl methyl sites for hydroxylation is 9. The lowest BCUT2D eigenvalue weighted by Gasteiger charge is -2.30. The topological polar surface area (TPSA) is 361 Å². The van der Waals surface area contributed by atoms with Crippen LogP contribution in [0.1, 0.15) is 127 Å². The Hall–Kier alpha value is -10.7. The number of rotatable bonds is 32. The highest BCUT2D eigenvalue weighted by Crippen LogP contribution is 2.32. The van der Waals surface area contributed by atoms with E-state index in [1.807, 2.05) is 216 Å². The molecule has 0 bridgehead atoms. The number of aliphatic hydroxyl groups is 3. The van der Waals surface area contributed by atoms with Crippen LogP contribution >= 0.6 is 0 Å². The molecule has 1 saturated heterocycles. The molecule has 32 heteroatoms. The molecule has 1 amide bonds. The van der Waals surface area contributed by atoms with Crippen LogP contribution in [0.3, 0.4) is 0 Å². The van der Waals surface area contributed by atoms with Crippen LogP contribution in [0.15, 0.2) is 238 Å². The summed E-state index contributed by atoms with van der Waals surface area (Å²) in [7, 11) is 3.39. The van der Waals surface area contributed by atoms with Gasteiger partial charge in [-0.1, -0.05) is 158 Å². The number of hydrogen-bond donors (Lipinski definition) is 7. The number of para-hydroxylation sites is 1. The Balaban J connectivity index is 0.000000518. The van der Waals surface area contributed by atoms with Gasteiger partial charge in [-0.25, -0.2) is 47.8 Å². The summed E-state index contributed by atoms with van der Waals surface area (Å²) in [6, 6.07) is 64.8. The highest BCUT2D eigenvalue weighted by Gasteiger charge is 2.29. The van der Waals surface area contributed by atoms with Gasteiger partial charge in [0.05, 0.1) is 122 Å². The normalized spacial score (nSPS) is 12.2. The van der Waals surface area contributed by atoms with Crippen molar-refractivity contribution >= 4 is 46.0 Å². The lowest BCUT2D eigenvalue weighted by atomic mass is 9.93. The van der Waals surface area contributed by atoms with Crippen LogP contribution in [0.25, 0.3) is 0 Å². The summed E-state index contributed by atoms with van der Waals surface area (Å²) in [4.78, 5) is 14.7. The molecule has 28 nitrogen and oxygen atoms in total. The van der Waals surface area contributed by atoms with Gasteiger partial charge in [0.1, 0.15) is 28.7 Å². The summed E-state index contributed by atoms with van der Waals surface area (Å²) in [6.07, 6.45) is 3.17. The molecule has 10 aromatic rings. The molecule has 1 aliphatic heterocycles. The smallest absolute Gasteiger partial charge is 0.251 e. The van der Waals surface area contributed by atoms with E-state index < -0.39 is 59.3 Å². The first-order valence-corrected chi connectivity index (χ1v) is 50.7. The van der Waals surface area contributed by atoms with E-state index in [-0.39, 0.29) is 53.6 Å². The fourth-order valence-corrected chi connectivity index (χ4v) is 16.9. The number of methoxy groups -OCH3 is 8. The zero-order chi connectivity index (χ0) is 103. The number of piperidine rings is 1. The number of nitrogens with zero attached hydrogens (tertiary/aromatic N) is 2. The largest absolute Gasteiger partial charge is 0.497 e. The van der Waals surface area contributed by atoms with Crippen molar-refractivity contribution < 1.29 is 101 Å². The van der Waals surface area contributed by atoms with Gasteiger partial charge in [0, 0.05) is 50.4 Å². The molecule has 1 fully saturated rings. The Morgan fingerprint density at radius 3 is 1.27 bits per heavy atom. The maximum Gasteiger partial charge on any atom is 0.251 e. The monoisotopic (exact) mass is 1980 g/mol. The first-order valence-electron chi connectivity index (χ1n) is 44.8. The fraction of sp³-hybridized carbons (Fsp3) is 0.419. The van der Waals surface area contributed by atoms with Gasteiger partial charge >= 0.3 is 0 Å². The summed E-state index contributed by atoms with van der Waals surface area (Å²) in [5.74, 6) is 8.06. The molecule has 137 heavy (non-hydrogen) atoms. The number of sulfonamides is 4. The van der Waals surface area contributed by atoms with Gasteiger partial charge in [-0.05, 0) is 266 Å². The fourth-order valence-electron chi connectivity index (χ4n) is 12.0. The van der Waals surface area contributed by atoms with Gasteiger partial charge in [-0.15, -0.1) is 0 Å². The highest BCUT2D eigenvalue weighted by molar-refractivity contribution is 7.90. The molecule has 1 atom stereocenters. The first-order chi connectivity index (χ1) is 64.7. The third-order valence-electron chi connectivity index (χ3n) is 19.9. The van der Waals surface area contributed by atoms with Gasteiger partial charge in [0.2, 0.25) is 40.1 Å². The molecule has 0 radical (unpaired) electrons. The molecule has 1 unspecified atom stereocenters. The standard InChI is InChI=1S/C13H19NO2S.C13H21NO2S.C12H18N2O.C11H17NO4S.C10H15NO4S.C10H14O.4C9H12O2/c1-11-5-7-13(8-6-11)17(15,16)14-9-3-4-12(2)10-14;1-11-5-7-12(8-6-11)17(15,16)14-10-9-13(2,3)4;1-10-4-6-11(7-5-10)12(15)13-8-9-14(2)3;1-10-2-4-11(5-3-10)17(14,15)12-6-8-16-9-7-13;1-8-2-4-10(5-3-8)16(14,15)11-9(6-12)7-13;1-8(2)11-10-6-4-9(3)5-7-10;1-7-6-8(10-2)4-5-9(7)11-3;1-7-4-5-8(10-2)9(6-7)11-3;1-7-8(10-2)5-4-6-9(7)11-3;1-7-5-4-6-8(10-2)9(7)11-3/h5-8,12H,3-4,9-10H2,1-2H3;5-8,14H,9-10H2,1-4H3;4-7H,8-9H2,1-3H3,(H,13,15);2-5,12-13H,6-9H2,1H3;2-5,9,11-13H,6-7H2,1H3;4-8H,1-3H3;4*4-6H,1-3H3. The van der Waals surface area contributed by atoms with Crippen molar-refractivity contribution in [2.24, 2.45) is 11.3 Å². The summed E-state index contributed by atoms with van der Waals surface area (Å²) in [6.45, 7) is 35.1. The Morgan fingerprint density at radius 2 is 0.861 bits per heavy atom. The van der Waals surface area contributed by atoms with Gasteiger partial charge in [-0.2, -0.15) is 4.31 Å². The second kappa shape index (κ2) is 64.5. The minimum Gasteiger partial charge on any atom is -0.497 e. The van der Waals surface area contributed by atoms with E-state index in [1.165, 1.54) is 28.8 Å². The van der Waals surface area contributed by atoms with E-state index in [2.05, 4.69) is 66.2 Å². The van der Waals surface area contributed by atoms with E-state index >= 15 is 0 Å². The predicted octanol–water partition coefficient (Wildman–Crippen LogP) is 17.2. The number of aliphatic hydroxyl groups excluding tert-OH is 3. The van der Waals surface area contributed by atoms with Crippen molar-refractivity contribution in [1.82, 2.24) is 28.7 Å². The Bertz CT molecular complexity index is 5530. The summed E-state index contributed by atoms with van der Waals surface area (Å²) >= 11 is 0. The van der Waals surface area contributed by atoms with Gasteiger partial charge in [-0.3, -0.25) is 4.79 Å². The zero-order valence-corrected chi connectivity index (χ0v) is 88.3. The molecular formula is C105H152N6O22S4. The van der Waals surface area contributed by atoms with Crippen molar-refractivity contribution in [3.05, 3.63) is 280 Å². The third kappa shape index (κ3) is 48.4. The maximum atomic E-state index is 12.4. The van der Waals surface area contributed by atoms with Crippen molar-refractivity contribution in [3.8, 4) is 51.7 Å². The number of likely N-dealkylation sites (N-methyl/N-ethyl adjacent to an activating group) is 1. The van der Waals surface area contributed by atoms with Crippen LogP contribution in [0, 0.1) is 80.6 Å². The molecule has 11 rings (SSSR count). The summed E-state index contributed by atoms with van der Waals surface area (Å²) in [5.41, 5.74) is 11.8. The number of ether oxygens (including phenoxy) is 10. The molecule has 1 heterocycles. The van der Waals surface area contributed by atoms with Crippen LogP contribution in [-0.4, -0.2) is 220 Å². The molecule has 1 aliphatic rings. The van der Waals surface area contributed by atoms with Crippen molar-refractivity contribution in [2.75, 3.05) is 143 Å². The van der Waals surface area contributed by atoms with Crippen LogP contribution < -0.4 is 62.1 Å². The number of amides is 1. The van der Waals surface area contributed by atoms with Crippen LogP contribution in [0.5, 0.6) is 51.7 Å². The van der Waals surface area contributed by atoms with E-state index in [0.717, 1.165) is 122 Å². The van der Waals surface area contributed by atoms with Crippen LogP contribution in [-0.2, 0) is 44.8 Å². The molecule has 0 spiro atoms. The van der Waals surface area contributed by atoms with Gasteiger partial charge < -0.3 is 72.9 Å². The summed E-state index contributed by atoms with van der Waals surface area (Å²) < 4.78 is 156. The Labute approximate surface area is 818 Å². The SMILES string of the molecule is COc1ccc(C)cc1OC.COc1ccc(OC)c(C)c1.COc1cccc(C)c1OC.COc1cccc(OC)c1C.Cc1ccc(C(=O)NCCN(C)C)cc1.Cc1ccc(OC(C)C)cc1.Cc1ccc(S(=O)(=O)N2CCCC(C)C2)cc1.Cc1ccc(S(=O)(=O)NC(CO)CO)cc1.Cc1ccc(S(=O)(=O)NCCC(C)(C)C)cc1.Cc1ccc(S(=O)(=O)NCCOCCO)cc1. The average Bonchev–Trinajstić information content (AvgIpc) is 0.800. The van der Waals surface area contributed by atoms with Gasteiger partial charge in [0.25, 0.3) is 5.91 Å². The van der Waals surface area contributed by atoms with Crippen LogP contribution in [0.4, 0.5) is 0 Å². The van der Waals surface area contributed by atoms with Crippen LogP contribution in [0.2, 0.25) is 0 Å². The van der Waals surface area contributed by atoms with Crippen molar-refractivity contribution in [1.29, 1.82) is 0 Å². The predicted molar refractivity (Wildman–Crippen MR) is 549 cm³/mol. The highest BCUT2D eigenvalue weighted by atomic mass is 32.2. The van der Waals surface area contributed by atoms with E-state index in [4.69, 9.17) is 62.7 Å². The van der Waals surface area contributed by atoms with E-state index in [0.29, 0.717) is 41.9 Å². The molecule has 758 valence electrons. The third-order valence-corrected chi connectivity index (χ3v) is 26.3. The molecule has 0 saturated carbocycles. The minimum absolute atomic E-state index is 0.00292.